The van der Waals surface area contributed by atoms with Gasteiger partial charge in [-0.05, 0) is 25.8 Å². The van der Waals surface area contributed by atoms with Crippen molar-refractivity contribution in [3.05, 3.63) is 42.0 Å². The van der Waals surface area contributed by atoms with Crippen molar-refractivity contribution in [2.45, 2.75) is 32.2 Å². The van der Waals surface area contributed by atoms with E-state index in [1.54, 1.807) is 12.1 Å². The van der Waals surface area contributed by atoms with Gasteiger partial charge in [-0.3, -0.25) is 4.79 Å². The molecule has 5 nitrogen and oxygen atoms in total. The summed E-state index contributed by atoms with van der Waals surface area (Å²) in [6, 6.07) is 4.65. The van der Waals surface area contributed by atoms with Gasteiger partial charge in [0.2, 0.25) is 5.91 Å². The molecule has 21 heavy (non-hydrogen) atoms. The normalized spacial score (nSPS) is 11.5. The lowest BCUT2D eigenvalue weighted by molar-refractivity contribution is -0.141. The summed E-state index contributed by atoms with van der Waals surface area (Å²) >= 11 is 0. The molecule has 1 atom stereocenters. The number of hydrogen-bond donors (Lipinski definition) is 2. The lowest BCUT2D eigenvalue weighted by Gasteiger charge is -2.15. The van der Waals surface area contributed by atoms with E-state index in [1.807, 2.05) is 19.1 Å². The van der Waals surface area contributed by atoms with Crippen LogP contribution in [0.2, 0.25) is 0 Å². The Hall–Kier alpha value is -2.30. The lowest BCUT2D eigenvalue weighted by Crippen LogP contribution is -2.41. The highest BCUT2D eigenvalue weighted by Crippen LogP contribution is 2.20. The average molecular weight is 291 g/mol. The summed E-state index contributed by atoms with van der Waals surface area (Å²) in [6.45, 7) is 5.47. The van der Waals surface area contributed by atoms with E-state index in [0.29, 0.717) is 18.6 Å². The maximum Gasteiger partial charge on any atom is 0.326 e. The van der Waals surface area contributed by atoms with Crippen molar-refractivity contribution < 1.29 is 19.4 Å². The summed E-state index contributed by atoms with van der Waals surface area (Å²) in [7, 11) is 1.54. The zero-order valence-corrected chi connectivity index (χ0v) is 12.4. The summed E-state index contributed by atoms with van der Waals surface area (Å²) in [6.07, 6.45) is 2.58. The van der Waals surface area contributed by atoms with Gasteiger partial charge in [-0.15, -0.1) is 6.58 Å². The largest absolute Gasteiger partial charge is 0.496 e. The van der Waals surface area contributed by atoms with Gasteiger partial charge in [-0.25, -0.2) is 4.79 Å². The number of ether oxygens (including phenoxy) is 1. The fraction of sp³-hybridized carbons (Fsp3) is 0.375. The second-order valence-electron chi connectivity index (χ2n) is 4.82. The van der Waals surface area contributed by atoms with E-state index in [-0.39, 0.29) is 12.3 Å². The van der Waals surface area contributed by atoms with Crippen molar-refractivity contribution in [2.75, 3.05) is 7.11 Å². The third kappa shape index (κ3) is 5.30. The molecule has 2 N–H and O–H groups in total. The van der Waals surface area contributed by atoms with Crippen molar-refractivity contribution in [1.29, 1.82) is 0 Å². The molecule has 0 radical (unpaired) electrons. The zero-order valence-electron chi connectivity index (χ0n) is 12.4. The quantitative estimate of drug-likeness (QED) is 0.719. The van der Waals surface area contributed by atoms with Gasteiger partial charge in [-0.1, -0.05) is 23.8 Å². The number of benzene rings is 1. The van der Waals surface area contributed by atoms with Crippen LogP contribution in [0.25, 0.3) is 0 Å². The molecule has 1 amide bonds. The number of carbonyl (C=O) groups excluding carboxylic acids is 1. The van der Waals surface area contributed by atoms with Crippen LogP contribution in [0.3, 0.4) is 0 Å². The summed E-state index contributed by atoms with van der Waals surface area (Å²) in [5, 5.41) is 11.6. The van der Waals surface area contributed by atoms with E-state index < -0.39 is 12.0 Å². The molecule has 1 unspecified atom stereocenters. The van der Waals surface area contributed by atoms with Gasteiger partial charge in [0.25, 0.3) is 0 Å². The van der Waals surface area contributed by atoms with E-state index in [4.69, 9.17) is 9.84 Å². The number of allylic oxidation sites excluding steroid dienone is 1. The standard InChI is InChI=1S/C16H21NO4/c1-4-5-6-13(16(19)20)17-15(18)10-12-9-11(2)7-8-14(12)21-3/h4,7-9,13H,1,5-6,10H2,2-3H3,(H,17,18)(H,19,20). The van der Waals surface area contributed by atoms with Crippen LogP contribution < -0.4 is 10.1 Å². The fourth-order valence-corrected chi connectivity index (χ4v) is 2.01. The Kier molecular flexibility index (Phi) is 6.46. The number of aliphatic carboxylic acids is 1. The van der Waals surface area contributed by atoms with Crippen molar-refractivity contribution in [3.63, 3.8) is 0 Å². The monoisotopic (exact) mass is 291 g/mol. The van der Waals surface area contributed by atoms with Gasteiger partial charge in [0, 0.05) is 5.56 Å². The molecule has 5 heteroatoms. The van der Waals surface area contributed by atoms with Crippen LogP contribution in [0.4, 0.5) is 0 Å². The molecule has 0 aliphatic rings. The van der Waals surface area contributed by atoms with Crippen molar-refractivity contribution in [3.8, 4) is 5.75 Å². The van der Waals surface area contributed by atoms with E-state index in [9.17, 15) is 9.59 Å². The summed E-state index contributed by atoms with van der Waals surface area (Å²) < 4.78 is 5.21. The van der Waals surface area contributed by atoms with Crippen LogP contribution in [0.5, 0.6) is 5.75 Å². The molecule has 0 aliphatic heterocycles. The number of aryl methyl sites for hydroxylation is 1. The first kappa shape index (κ1) is 16.8. The van der Waals surface area contributed by atoms with Crippen molar-refractivity contribution in [2.24, 2.45) is 0 Å². The number of methoxy groups -OCH3 is 1. The summed E-state index contributed by atoms with van der Waals surface area (Å²) in [4.78, 5) is 23.1. The van der Waals surface area contributed by atoms with Crippen molar-refractivity contribution in [1.82, 2.24) is 5.32 Å². The highest BCUT2D eigenvalue weighted by atomic mass is 16.5. The Morgan fingerprint density at radius 3 is 2.76 bits per heavy atom. The number of hydrogen-bond acceptors (Lipinski definition) is 3. The van der Waals surface area contributed by atoms with E-state index in [2.05, 4.69) is 11.9 Å². The average Bonchev–Trinajstić information content (AvgIpc) is 2.43. The van der Waals surface area contributed by atoms with Crippen LogP contribution in [-0.4, -0.2) is 30.1 Å². The highest BCUT2D eigenvalue weighted by molar-refractivity contribution is 5.85. The SMILES string of the molecule is C=CCCC(NC(=O)Cc1cc(C)ccc1OC)C(=O)O. The lowest BCUT2D eigenvalue weighted by atomic mass is 10.1. The Labute approximate surface area is 124 Å². The van der Waals surface area contributed by atoms with Crippen LogP contribution in [0.1, 0.15) is 24.0 Å². The molecule has 1 aromatic rings. The maximum atomic E-state index is 12.0. The van der Waals surface area contributed by atoms with E-state index in [1.165, 1.54) is 7.11 Å². The molecule has 1 rings (SSSR count). The first-order valence-corrected chi connectivity index (χ1v) is 6.74. The molecule has 0 aliphatic carbocycles. The third-order valence-corrected chi connectivity index (χ3v) is 3.08. The first-order chi connectivity index (χ1) is 9.97. The number of carbonyl (C=O) groups is 2. The number of carboxylic acids is 1. The first-order valence-electron chi connectivity index (χ1n) is 6.74. The number of amides is 1. The Bertz CT molecular complexity index is 525. The van der Waals surface area contributed by atoms with Crippen LogP contribution in [0, 0.1) is 6.92 Å². The van der Waals surface area contributed by atoms with Gasteiger partial charge < -0.3 is 15.2 Å². The number of rotatable bonds is 8. The second-order valence-corrected chi connectivity index (χ2v) is 4.82. The van der Waals surface area contributed by atoms with E-state index >= 15 is 0 Å². The van der Waals surface area contributed by atoms with Gasteiger partial charge in [0.15, 0.2) is 0 Å². The molecule has 0 saturated heterocycles. The fourth-order valence-electron chi connectivity index (χ4n) is 2.01. The molecule has 1 aromatic carbocycles. The molecule has 0 spiro atoms. The van der Waals surface area contributed by atoms with Gasteiger partial charge >= 0.3 is 5.97 Å². The topological polar surface area (TPSA) is 75.6 Å². The highest BCUT2D eigenvalue weighted by Gasteiger charge is 2.19. The third-order valence-electron chi connectivity index (χ3n) is 3.08. The minimum absolute atomic E-state index is 0.0860. The Morgan fingerprint density at radius 1 is 1.48 bits per heavy atom. The minimum Gasteiger partial charge on any atom is -0.496 e. The maximum absolute atomic E-state index is 12.0. The van der Waals surface area contributed by atoms with Crippen LogP contribution >= 0.6 is 0 Å². The molecule has 0 aromatic heterocycles. The van der Waals surface area contributed by atoms with Crippen molar-refractivity contribution >= 4 is 11.9 Å². The summed E-state index contributed by atoms with van der Waals surface area (Å²) in [5.74, 6) is -0.759. The molecule has 0 heterocycles. The number of carboxylic acid groups (broad SMARTS) is 1. The molecular weight excluding hydrogens is 270 g/mol. The number of nitrogens with one attached hydrogen (secondary N) is 1. The second kappa shape index (κ2) is 8.09. The van der Waals surface area contributed by atoms with Crippen LogP contribution in [-0.2, 0) is 16.0 Å². The molecule has 114 valence electrons. The van der Waals surface area contributed by atoms with Crippen LogP contribution in [0.15, 0.2) is 30.9 Å². The van der Waals surface area contributed by atoms with Gasteiger partial charge in [0.1, 0.15) is 11.8 Å². The minimum atomic E-state index is -1.04. The Morgan fingerprint density at radius 2 is 2.19 bits per heavy atom. The summed E-state index contributed by atoms with van der Waals surface area (Å²) in [5.41, 5.74) is 1.75. The molecule has 0 bridgehead atoms. The predicted octanol–water partition coefficient (Wildman–Crippen LogP) is 2.08. The molecule has 0 saturated carbocycles. The van der Waals surface area contributed by atoms with E-state index in [0.717, 1.165) is 11.1 Å². The van der Waals surface area contributed by atoms with Gasteiger partial charge in [-0.2, -0.15) is 0 Å². The molecular formula is C16H21NO4. The zero-order chi connectivity index (χ0) is 15.8. The van der Waals surface area contributed by atoms with Gasteiger partial charge in [0.05, 0.1) is 13.5 Å². The smallest absolute Gasteiger partial charge is 0.326 e. The Balaban J connectivity index is 2.73. The predicted molar refractivity (Wildman–Crippen MR) is 80.4 cm³/mol. The molecule has 0 fully saturated rings.